The van der Waals surface area contributed by atoms with Crippen LogP contribution in [0.25, 0.3) is 0 Å². The van der Waals surface area contributed by atoms with Crippen LogP contribution in [0.15, 0.2) is 0 Å². The van der Waals surface area contributed by atoms with Gasteiger partial charge in [-0.15, -0.1) is 0 Å². The SMILES string of the molecule is NCC1COC2(COC2)C1. The molecular formula is C7H13NO2. The minimum Gasteiger partial charge on any atom is -0.375 e. The van der Waals surface area contributed by atoms with Gasteiger partial charge in [-0.2, -0.15) is 0 Å². The van der Waals surface area contributed by atoms with Gasteiger partial charge in [0.2, 0.25) is 0 Å². The summed E-state index contributed by atoms with van der Waals surface area (Å²) in [5.41, 5.74) is 5.60. The van der Waals surface area contributed by atoms with Crippen molar-refractivity contribution >= 4 is 0 Å². The van der Waals surface area contributed by atoms with Gasteiger partial charge in [-0.1, -0.05) is 0 Å². The summed E-state index contributed by atoms with van der Waals surface area (Å²) >= 11 is 0. The quantitative estimate of drug-likeness (QED) is 0.550. The topological polar surface area (TPSA) is 44.5 Å². The highest BCUT2D eigenvalue weighted by atomic mass is 16.6. The molecule has 1 unspecified atom stereocenters. The number of hydrogen-bond acceptors (Lipinski definition) is 3. The van der Waals surface area contributed by atoms with Crippen LogP contribution in [0.2, 0.25) is 0 Å². The van der Waals surface area contributed by atoms with Crippen LogP contribution in [0.5, 0.6) is 0 Å². The smallest absolute Gasteiger partial charge is 0.115 e. The largest absolute Gasteiger partial charge is 0.375 e. The molecule has 2 aliphatic rings. The summed E-state index contributed by atoms with van der Waals surface area (Å²) in [6.07, 6.45) is 1.10. The molecule has 3 nitrogen and oxygen atoms in total. The Labute approximate surface area is 60.5 Å². The third-order valence-corrected chi connectivity index (χ3v) is 2.35. The highest BCUT2D eigenvalue weighted by molar-refractivity contribution is 4.94. The fourth-order valence-electron chi connectivity index (χ4n) is 1.62. The van der Waals surface area contributed by atoms with Crippen LogP contribution in [0, 0.1) is 5.92 Å². The molecule has 0 aromatic heterocycles. The van der Waals surface area contributed by atoms with Crippen LogP contribution in [-0.2, 0) is 9.47 Å². The Bertz CT molecular complexity index is 134. The molecule has 10 heavy (non-hydrogen) atoms. The molecule has 0 aromatic carbocycles. The highest BCUT2D eigenvalue weighted by Crippen LogP contribution is 2.35. The Balaban J connectivity index is 1.92. The molecule has 0 saturated carbocycles. The average Bonchev–Trinajstić information content (AvgIpc) is 2.29. The minimum atomic E-state index is 0.0873. The molecule has 0 aromatic rings. The third-order valence-electron chi connectivity index (χ3n) is 2.35. The van der Waals surface area contributed by atoms with Crippen molar-refractivity contribution < 1.29 is 9.47 Å². The average molecular weight is 143 g/mol. The second-order valence-corrected chi connectivity index (χ2v) is 3.29. The molecule has 2 rings (SSSR count). The lowest BCUT2D eigenvalue weighted by Gasteiger charge is -2.36. The number of nitrogens with two attached hydrogens (primary N) is 1. The molecule has 1 spiro atoms. The van der Waals surface area contributed by atoms with Crippen LogP contribution in [0.4, 0.5) is 0 Å². The van der Waals surface area contributed by atoms with Gasteiger partial charge in [0.1, 0.15) is 5.60 Å². The number of ether oxygens (including phenoxy) is 2. The van der Waals surface area contributed by atoms with Crippen LogP contribution in [-0.4, -0.2) is 32.0 Å². The Morgan fingerprint density at radius 1 is 1.50 bits per heavy atom. The van der Waals surface area contributed by atoms with E-state index in [0.29, 0.717) is 5.92 Å². The molecule has 2 N–H and O–H groups in total. The Morgan fingerprint density at radius 2 is 2.30 bits per heavy atom. The van der Waals surface area contributed by atoms with Gasteiger partial charge in [-0.3, -0.25) is 0 Å². The molecule has 2 aliphatic heterocycles. The van der Waals surface area contributed by atoms with Gasteiger partial charge >= 0.3 is 0 Å². The van der Waals surface area contributed by atoms with Crippen molar-refractivity contribution in [3.05, 3.63) is 0 Å². The predicted octanol–water partition coefficient (Wildman–Crippen LogP) is -0.249. The lowest BCUT2D eigenvalue weighted by atomic mass is 9.93. The normalized spacial score (nSPS) is 36.3. The lowest BCUT2D eigenvalue weighted by molar-refractivity contribution is -0.184. The fourth-order valence-corrected chi connectivity index (χ4v) is 1.62. The summed E-state index contributed by atoms with van der Waals surface area (Å²) in [6.45, 7) is 3.15. The first-order valence-electron chi connectivity index (χ1n) is 3.76. The lowest BCUT2D eigenvalue weighted by Crippen LogP contribution is -2.49. The standard InChI is InChI=1S/C7H13NO2/c8-2-6-1-7(10-3-6)4-9-5-7/h6H,1-5,8H2. The van der Waals surface area contributed by atoms with E-state index in [1.165, 1.54) is 0 Å². The first kappa shape index (κ1) is 6.58. The second-order valence-electron chi connectivity index (χ2n) is 3.29. The molecule has 2 fully saturated rings. The molecule has 58 valence electrons. The molecular weight excluding hydrogens is 130 g/mol. The Kier molecular flexibility index (Phi) is 1.44. The van der Waals surface area contributed by atoms with Gasteiger partial charge in [0, 0.05) is 0 Å². The van der Waals surface area contributed by atoms with Crippen LogP contribution >= 0.6 is 0 Å². The van der Waals surface area contributed by atoms with E-state index in [1.54, 1.807) is 0 Å². The minimum absolute atomic E-state index is 0.0873. The van der Waals surface area contributed by atoms with Crippen LogP contribution in [0.1, 0.15) is 6.42 Å². The summed E-state index contributed by atoms with van der Waals surface area (Å²) < 4.78 is 10.7. The van der Waals surface area contributed by atoms with Gasteiger partial charge in [0.15, 0.2) is 0 Å². The fraction of sp³-hybridized carbons (Fsp3) is 1.00. The molecule has 2 heterocycles. The van der Waals surface area contributed by atoms with E-state index in [0.717, 1.165) is 32.8 Å². The maximum Gasteiger partial charge on any atom is 0.115 e. The van der Waals surface area contributed by atoms with E-state index in [2.05, 4.69) is 0 Å². The number of rotatable bonds is 1. The van der Waals surface area contributed by atoms with Crippen molar-refractivity contribution in [2.24, 2.45) is 11.7 Å². The van der Waals surface area contributed by atoms with Gasteiger partial charge < -0.3 is 15.2 Å². The maximum atomic E-state index is 5.57. The van der Waals surface area contributed by atoms with Gasteiger partial charge in [0.25, 0.3) is 0 Å². The third kappa shape index (κ3) is 0.856. The number of hydrogen-bond donors (Lipinski definition) is 1. The van der Waals surface area contributed by atoms with E-state index in [9.17, 15) is 0 Å². The van der Waals surface area contributed by atoms with E-state index in [1.807, 2.05) is 0 Å². The van der Waals surface area contributed by atoms with E-state index in [4.69, 9.17) is 15.2 Å². The zero-order valence-electron chi connectivity index (χ0n) is 6.01. The molecule has 3 heteroatoms. The zero-order chi connectivity index (χ0) is 7.03. The second kappa shape index (κ2) is 2.19. The first-order valence-corrected chi connectivity index (χ1v) is 3.76. The Morgan fingerprint density at radius 3 is 2.60 bits per heavy atom. The summed E-state index contributed by atoms with van der Waals surface area (Å²) in [5.74, 6) is 0.573. The summed E-state index contributed by atoms with van der Waals surface area (Å²) in [7, 11) is 0. The highest BCUT2D eigenvalue weighted by Gasteiger charge is 2.45. The molecule has 2 saturated heterocycles. The molecule has 1 atom stereocenters. The summed E-state index contributed by atoms with van der Waals surface area (Å²) in [4.78, 5) is 0. The first-order chi connectivity index (χ1) is 4.85. The van der Waals surface area contributed by atoms with E-state index >= 15 is 0 Å². The van der Waals surface area contributed by atoms with Crippen molar-refractivity contribution in [2.75, 3.05) is 26.4 Å². The van der Waals surface area contributed by atoms with Crippen molar-refractivity contribution in [1.29, 1.82) is 0 Å². The molecule has 0 bridgehead atoms. The predicted molar refractivity (Wildman–Crippen MR) is 36.7 cm³/mol. The van der Waals surface area contributed by atoms with Gasteiger partial charge in [-0.25, -0.2) is 0 Å². The van der Waals surface area contributed by atoms with Crippen LogP contribution < -0.4 is 5.73 Å². The Hall–Kier alpha value is -0.120. The summed E-state index contributed by atoms with van der Waals surface area (Å²) in [6, 6.07) is 0. The van der Waals surface area contributed by atoms with Gasteiger partial charge in [0.05, 0.1) is 19.8 Å². The van der Waals surface area contributed by atoms with E-state index < -0.39 is 0 Å². The zero-order valence-corrected chi connectivity index (χ0v) is 6.01. The molecule has 0 aliphatic carbocycles. The monoisotopic (exact) mass is 143 g/mol. The van der Waals surface area contributed by atoms with Crippen LogP contribution in [0.3, 0.4) is 0 Å². The van der Waals surface area contributed by atoms with Crippen molar-refractivity contribution in [3.8, 4) is 0 Å². The van der Waals surface area contributed by atoms with E-state index in [-0.39, 0.29) is 5.60 Å². The summed E-state index contributed by atoms with van der Waals surface area (Å²) in [5, 5.41) is 0. The van der Waals surface area contributed by atoms with Crippen molar-refractivity contribution in [2.45, 2.75) is 12.0 Å². The van der Waals surface area contributed by atoms with Crippen molar-refractivity contribution in [3.63, 3.8) is 0 Å². The van der Waals surface area contributed by atoms with Crippen molar-refractivity contribution in [1.82, 2.24) is 0 Å². The molecule has 0 amide bonds. The molecule has 0 radical (unpaired) electrons. The maximum absolute atomic E-state index is 5.57. The van der Waals surface area contributed by atoms with Gasteiger partial charge in [-0.05, 0) is 18.9 Å².